The highest BCUT2D eigenvalue weighted by Crippen LogP contribution is 2.30. The molecule has 0 saturated heterocycles. The van der Waals surface area contributed by atoms with Crippen LogP contribution < -0.4 is 11.5 Å². The standard InChI is InChI=1S/C18H21N3O/c19-16-3-1-2-14(18(16)20)11-15-10-13(4-5-17(15)22)12-6-8-21-9-7-12/h4-11,16,18,22H,1-3,19-20H2. The van der Waals surface area contributed by atoms with Crippen molar-refractivity contribution >= 4 is 6.08 Å². The Morgan fingerprint density at radius 1 is 1.09 bits per heavy atom. The van der Waals surface area contributed by atoms with Crippen LogP contribution in [0, 0.1) is 0 Å². The van der Waals surface area contributed by atoms with E-state index in [1.165, 1.54) is 0 Å². The smallest absolute Gasteiger partial charge is 0.122 e. The molecule has 0 spiro atoms. The number of nitrogens with zero attached hydrogens (tertiary/aromatic N) is 1. The van der Waals surface area contributed by atoms with Crippen LogP contribution in [-0.4, -0.2) is 22.2 Å². The van der Waals surface area contributed by atoms with Gasteiger partial charge in [-0.15, -0.1) is 0 Å². The van der Waals surface area contributed by atoms with Crippen molar-refractivity contribution in [2.24, 2.45) is 11.5 Å². The maximum Gasteiger partial charge on any atom is 0.122 e. The largest absolute Gasteiger partial charge is 0.507 e. The second-order valence-corrected chi connectivity index (χ2v) is 5.81. The van der Waals surface area contributed by atoms with E-state index in [9.17, 15) is 5.11 Å². The molecule has 114 valence electrons. The number of pyridine rings is 1. The predicted molar refractivity (Wildman–Crippen MR) is 89.1 cm³/mol. The van der Waals surface area contributed by atoms with Gasteiger partial charge in [-0.25, -0.2) is 0 Å². The van der Waals surface area contributed by atoms with Crippen LogP contribution in [0.5, 0.6) is 5.75 Å². The van der Waals surface area contributed by atoms with E-state index < -0.39 is 0 Å². The Kier molecular flexibility index (Phi) is 4.22. The summed E-state index contributed by atoms with van der Waals surface area (Å²) >= 11 is 0. The Bertz CT molecular complexity index is 682. The molecule has 4 heteroatoms. The zero-order valence-corrected chi connectivity index (χ0v) is 12.4. The highest BCUT2D eigenvalue weighted by Gasteiger charge is 2.22. The maximum absolute atomic E-state index is 10.1. The van der Waals surface area contributed by atoms with Gasteiger partial charge in [0.25, 0.3) is 0 Å². The third-order valence-corrected chi connectivity index (χ3v) is 4.27. The van der Waals surface area contributed by atoms with E-state index in [0.29, 0.717) is 0 Å². The molecule has 0 bridgehead atoms. The van der Waals surface area contributed by atoms with Gasteiger partial charge < -0.3 is 16.6 Å². The lowest BCUT2D eigenvalue weighted by Crippen LogP contribution is -2.45. The Morgan fingerprint density at radius 2 is 1.86 bits per heavy atom. The van der Waals surface area contributed by atoms with E-state index in [-0.39, 0.29) is 17.8 Å². The Hall–Kier alpha value is -2.17. The molecule has 4 nitrogen and oxygen atoms in total. The molecule has 5 N–H and O–H groups in total. The summed E-state index contributed by atoms with van der Waals surface area (Å²) in [6.45, 7) is 0. The zero-order chi connectivity index (χ0) is 15.5. The minimum atomic E-state index is -0.127. The molecule has 2 aromatic rings. The molecule has 1 aromatic heterocycles. The molecule has 1 aromatic carbocycles. The summed E-state index contributed by atoms with van der Waals surface area (Å²) in [6, 6.07) is 9.38. The lowest BCUT2D eigenvalue weighted by molar-refractivity contribution is 0.462. The van der Waals surface area contributed by atoms with E-state index in [4.69, 9.17) is 11.5 Å². The van der Waals surface area contributed by atoms with E-state index in [1.807, 2.05) is 30.3 Å². The molecule has 1 heterocycles. The molecule has 0 aliphatic heterocycles. The van der Waals surface area contributed by atoms with E-state index >= 15 is 0 Å². The predicted octanol–water partition coefficient (Wildman–Crippen LogP) is 2.68. The molecule has 0 radical (unpaired) electrons. The molecule has 1 aliphatic carbocycles. The van der Waals surface area contributed by atoms with Crippen LogP contribution in [0.25, 0.3) is 17.2 Å². The molecule has 22 heavy (non-hydrogen) atoms. The maximum atomic E-state index is 10.1. The second kappa shape index (κ2) is 6.30. The van der Waals surface area contributed by atoms with Gasteiger partial charge in [-0.1, -0.05) is 17.7 Å². The van der Waals surface area contributed by atoms with Crippen LogP contribution in [0.1, 0.15) is 24.8 Å². The summed E-state index contributed by atoms with van der Waals surface area (Å²) < 4.78 is 0. The minimum Gasteiger partial charge on any atom is -0.507 e. The summed E-state index contributed by atoms with van der Waals surface area (Å²) in [7, 11) is 0. The van der Waals surface area contributed by atoms with Crippen LogP contribution >= 0.6 is 0 Å². The summed E-state index contributed by atoms with van der Waals surface area (Å²) in [5, 5.41) is 10.1. The lowest BCUT2D eigenvalue weighted by Gasteiger charge is -2.28. The topological polar surface area (TPSA) is 85.2 Å². The van der Waals surface area contributed by atoms with Crippen LogP contribution in [0.4, 0.5) is 0 Å². The van der Waals surface area contributed by atoms with Crippen molar-refractivity contribution in [2.45, 2.75) is 31.3 Å². The number of aromatic nitrogens is 1. The Labute approximate surface area is 130 Å². The molecule has 1 saturated carbocycles. The van der Waals surface area contributed by atoms with Crippen molar-refractivity contribution in [3.8, 4) is 16.9 Å². The number of nitrogens with two attached hydrogens (primary N) is 2. The molecule has 2 atom stereocenters. The number of aromatic hydroxyl groups is 1. The molecule has 0 amide bonds. The monoisotopic (exact) mass is 295 g/mol. The highest BCUT2D eigenvalue weighted by molar-refractivity contribution is 5.71. The highest BCUT2D eigenvalue weighted by atomic mass is 16.3. The summed E-state index contributed by atoms with van der Waals surface area (Å²) in [5.74, 6) is 0.261. The first-order chi connectivity index (χ1) is 10.6. The molecule has 3 rings (SSSR count). The van der Waals surface area contributed by atoms with Crippen molar-refractivity contribution in [2.75, 3.05) is 0 Å². The molecule has 1 aliphatic rings. The van der Waals surface area contributed by atoms with Gasteiger partial charge >= 0.3 is 0 Å². The van der Waals surface area contributed by atoms with Crippen molar-refractivity contribution < 1.29 is 5.11 Å². The average Bonchev–Trinajstić information content (AvgIpc) is 2.54. The quantitative estimate of drug-likeness (QED) is 0.795. The van der Waals surface area contributed by atoms with Crippen molar-refractivity contribution in [1.29, 1.82) is 0 Å². The van der Waals surface area contributed by atoms with Gasteiger partial charge in [-0.05, 0) is 54.7 Å². The van der Waals surface area contributed by atoms with Crippen molar-refractivity contribution in [3.05, 3.63) is 53.9 Å². The average molecular weight is 295 g/mol. The van der Waals surface area contributed by atoms with Gasteiger partial charge in [0, 0.05) is 30.0 Å². The number of phenols is 1. The fraction of sp³-hybridized carbons (Fsp3) is 0.278. The van der Waals surface area contributed by atoms with E-state index in [1.54, 1.807) is 18.5 Å². The van der Waals surface area contributed by atoms with Crippen LogP contribution in [0.3, 0.4) is 0 Å². The number of hydrogen-bond donors (Lipinski definition) is 3. The number of rotatable bonds is 2. The van der Waals surface area contributed by atoms with Crippen molar-refractivity contribution in [1.82, 2.24) is 4.98 Å². The van der Waals surface area contributed by atoms with Crippen molar-refractivity contribution in [3.63, 3.8) is 0 Å². The SMILES string of the molecule is NC1CCCC(=Cc2cc(-c3ccncc3)ccc2O)C1N. The fourth-order valence-electron chi connectivity index (χ4n) is 2.93. The first-order valence-electron chi connectivity index (χ1n) is 7.60. The summed E-state index contributed by atoms with van der Waals surface area (Å²) in [6.07, 6.45) is 8.46. The summed E-state index contributed by atoms with van der Waals surface area (Å²) in [5.41, 5.74) is 16.2. The van der Waals surface area contributed by atoms with E-state index in [0.717, 1.165) is 41.5 Å². The van der Waals surface area contributed by atoms with Crippen LogP contribution in [0.15, 0.2) is 48.3 Å². The minimum absolute atomic E-state index is 0.00511. The van der Waals surface area contributed by atoms with Gasteiger partial charge in [0.05, 0.1) is 0 Å². The van der Waals surface area contributed by atoms with E-state index in [2.05, 4.69) is 4.98 Å². The third-order valence-electron chi connectivity index (χ3n) is 4.27. The number of hydrogen-bond acceptors (Lipinski definition) is 4. The fourth-order valence-corrected chi connectivity index (χ4v) is 2.93. The van der Waals surface area contributed by atoms with Crippen LogP contribution in [-0.2, 0) is 0 Å². The molecule has 1 fully saturated rings. The van der Waals surface area contributed by atoms with Gasteiger partial charge in [-0.3, -0.25) is 4.98 Å². The lowest BCUT2D eigenvalue weighted by atomic mass is 9.85. The first-order valence-corrected chi connectivity index (χ1v) is 7.60. The summed E-state index contributed by atoms with van der Waals surface area (Å²) in [4.78, 5) is 4.03. The second-order valence-electron chi connectivity index (χ2n) is 5.81. The van der Waals surface area contributed by atoms with Gasteiger partial charge in [0.2, 0.25) is 0 Å². The molecule has 2 unspecified atom stereocenters. The number of benzene rings is 1. The first kappa shape index (κ1) is 14.8. The molecular weight excluding hydrogens is 274 g/mol. The van der Waals surface area contributed by atoms with Crippen LogP contribution in [0.2, 0.25) is 0 Å². The normalized spacial score (nSPS) is 23.6. The Morgan fingerprint density at radius 3 is 2.64 bits per heavy atom. The zero-order valence-electron chi connectivity index (χ0n) is 12.4. The molecular formula is C18H21N3O. The third kappa shape index (κ3) is 3.03. The number of phenolic OH excluding ortho intramolecular Hbond substituents is 1. The van der Waals surface area contributed by atoms with Gasteiger partial charge in [-0.2, -0.15) is 0 Å². The van der Waals surface area contributed by atoms with Gasteiger partial charge in [0.15, 0.2) is 0 Å². The van der Waals surface area contributed by atoms with Gasteiger partial charge in [0.1, 0.15) is 5.75 Å². The Balaban J connectivity index is 1.97.